The van der Waals surface area contributed by atoms with Gasteiger partial charge in [-0.15, -0.1) is 0 Å². The van der Waals surface area contributed by atoms with E-state index in [4.69, 9.17) is 0 Å². The minimum absolute atomic E-state index is 0.0745. The van der Waals surface area contributed by atoms with Crippen LogP contribution in [0, 0.1) is 10.1 Å². The van der Waals surface area contributed by atoms with Gasteiger partial charge in [-0.2, -0.15) is 5.10 Å². The predicted octanol–water partition coefficient (Wildman–Crippen LogP) is 1.24. The van der Waals surface area contributed by atoms with Crippen molar-refractivity contribution < 1.29 is 4.92 Å². The van der Waals surface area contributed by atoms with Crippen LogP contribution < -0.4 is 0 Å². The molecule has 0 radical (unpaired) electrons. The zero-order valence-electron chi connectivity index (χ0n) is 6.32. The van der Waals surface area contributed by atoms with Gasteiger partial charge in [-0.05, 0) is 11.4 Å². The van der Waals surface area contributed by atoms with Gasteiger partial charge in [0.15, 0.2) is 5.69 Å². The lowest BCUT2D eigenvalue weighted by Gasteiger charge is -1.93. The van der Waals surface area contributed by atoms with E-state index in [1.54, 1.807) is 11.4 Å². The first-order chi connectivity index (χ1) is 6.29. The molecule has 0 saturated carbocycles. The standard InChI is InChI=1S/C6H4N4O2S/c11-10(12)6-5(1-2-13-6)9-4-7-3-8-9/h1-4H. The highest BCUT2D eigenvalue weighted by molar-refractivity contribution is 7.13. The molecular formula is C6H4N4O2S. The lowest BCUT2D eigenvalue weighted by molar-refractivity contribution is -0.380. The van der Waals surface area contributed by atoms with Crippen molar-refractivity contribution in [3.8, 4) is 5.69 Å². The van der Waals surface area contributed by atoms with Gasteiger partial charge in [0.05, 0.1) is 4.92 Å². The molecule has 0 aliphatic rings. The van der Waals surface area contributed by atoms with Crippen LogP contribution >= 0.6 is 11.3 Å². The summed E-state index contributed by atoms with van der Waals surface area (Å²) < 4.78 is 1.37. The molecule has 0 saturated heterocycles. The summed E-state index contributed by atoms with van der Waals surface area (Å²) in [6, 6.07) is 1.64. The summed E-state index contributed by atoms with van der Waals surface area (Å²) in [6.45, 7) is 0. The van der Waals surface area contributed by atoms with Crippen molar-refractivity contribution in [3.05, 3.63) is 34.2 Å². The maximum absolute atomic E-state index is 10.5. The third-order valence-corrected chi connectivity index (χ3v) is 2.31. The Balaban J connectivity index is 2.52. The zero-order valence-corrected chi connectivity index (χ0v) is 7.14. The molecule has 66 valence electrons. The first-order valence-electron chi connectivity index (χ1n) is 3.36. The predicted molar refractivity (Wildman–Crippen MR) is 45.9 cm³/mol. The largest absolute Gasteiger partial charge is 0.349 e. The molecule has 2 aromatic heterocycles. The maximum Gasteiger partial charge on any atom is 0.349 e. The van der Waals surface area contributed by atoms with Gasteiger partial charge in [0.1, 0.15) is 12.7 Å². The first kappa shape index (κ1) is 7.87. The number of rotatable bonds is 2. The molecule has 0 bridgehead atoms. The Bertz CT molecular complexity index is 422. The van der Waals surface area contributed by atoms with Crippen LogP contribution in [0.2, 0.25) is 0 Å². The van der Waals surface area contributed by atoms with E-state index in [1.807, 2.05) is 0 Å². The summed E-state index contributed by atoms with van der Waals surface area (Å²) in [6.07, 6.45) is 2.76. The van der Waals surface area contributed by atoms with Crippen LogP contribution in [0.4, 0.5) is 5.00 Å². The summed E-state index contributed by atoms with van der Waals surface area (Å²) in [5, 5.41) is 16.1. The molecule has 0 aromatic carbocycles. The van der Waals surface area contributed by atoms with Crippen LogP contribution in [0.1, 0.15) is 0 Å². The Labute approximate surface area is 76.6 Å². The van der Waals surface area contributed by atoms with Gasteiger partial charge in [0, 0.05) is 0 Å². The van der Waals surface area contributed by atoms with E-state index in [1.165, 1.54) is 17.3 Å². The Kier molecular flexibility index (Phi) is 1.78. The number of nitrogens with zero attached hydrogens (tertiary/aromatic N) is 4. The first-order valence-corrected chi connectivity index (χ1v) is 4.24. The highest BCUT2D eigenvalue weighted by atomic mass is 32.1. The molecule has 0 unspecified atom stereocenters. The van der Waals surface area contributed by atoms with Crippen molar-refractivity contribution in [1.82, 2.24) is 14.8 Å². The summed E-state index contributed by atoms with van der Waals surface area (Å²) >= 11 is 1.07. The normalized spacial score (nSPS) is 10.2. The van der Waals surface area contributed by atoms with Gasteiger partial charge in [-0.25, -0.2) is 9.67 Å². The SMILES string of the molecule is O=[N+]([O-])c1sccc1-n1cncn1. The molecule has 0 atom stereocenters. The van der Waals surface area contributed by atoms with Crippen LogP contribution in [0.3, 0.4) is 0 Å². The van der Waals surface area contributed by atoms with Crippen molar-refractivity contribution in [2.75, 3.05) is 0 Å². The Morgan fingerprint density at radius 3 is 3.08 bits per heavy atom. The number of nitro groups is 1. The summed E-state index contributed by atoms with van der Waals surface area (Å²) in [5.41, 5.74) is 0.451. The molecular weight excluding hydrogens is 192 g/mol. The molecule has 2 rings (SSSR count). The molecule has 0 aliphatic heterocycles. The second kappa shape index (κ2) is 2.94. The van der Waals surface area contributed by atoms with Gasteiger partial charge in [0.25, 0.3) is 0 Å². The van der Waals surface area contributed by atoms with E-state index >= 15 is 0 Å². The molecule has 0 N–H and O–H groups in total. The summed E-state index contributed by atoms with van der Waals surface area (Å²) in [4.78, 5) is 13.8. The van der Waals surface area contributed by atoms with E-state index in [0.29, 0.717) is 5.69 Å². The number of aromatic nitrogens is 3. The molecule has 0 spiro atoms. The lowest BCUT2D eigenvalue weighted by atomic mass is 10.5. The fraction of sp³-hybridized carbons (Fsp3) is 0. The Morgan fingerprint density at radius 2 is 2.46 bits per heavy atom. The molecule has 0 amide bonds. The minimum Gasteiger partial charge on any atom is -0.257 e. The maximum atomic E-state index is 10.5. The van der Waals surface area contributed by atoms with Crippen LogP contribution in [-0.2, 0) is 0 Å². The molecule has 2 heterocycles. The van der Waals surface area contributed by atoms with Crippen molar-refractivity contribution in [2.45, 2.75) is 0 Å². The van der Waals surface area contributed by atoms with E-state index in [0.717, 1.165) is 11.3 Å². The zero-order chi connectivity index (χ0) is 9.26. The molecule has 0 aliphatic carbocycles. The van der Waals surface area contributed by atoms with Gasteiger partial charge < -0.3 is 0 Å². The third kappa shape index (κ3) is 1.29. The van der Waals surface area contributed by atoms with Crippen molar-refractivity contribution in [2.24, 2.45) is 0 Å². The van der Waals surface area contributed by atoms with Crippen LogP contribution in [0.25, 0.3) is 5.69 Å². The topological polar surface area (TPSA) is 73.8 Å². The molecule has 2 aromatic rings. The summed E-state index contributed by atoms with van der Waals surface area (Å²) in [7, 11) is 0. The second-order valence-electron chi connectivity index (χ2n) is 2.21. The monoisotopic (exact) mass is 196 g/mol. The Hall–Kier alpha value is -1.76. The van der Waals surface area contributed by atoms with Crippen molar-refractivity contribution in [3.63, 3.8) is 0 Å². The number of hydrogen-bond acceptors (Lipinski definition) is 5. The van der Waals surface area contributed by atoms with Crippen LogP contribution in [0.5, 0.6) is 0 Å². The van der Waals surface area contributed by atoms with E-state index < -0.39 is 4.92 Å². The molecule has 0 fully saturated rings. The highest BCUT2D eigenvalue weighted by Crippen LogP contribution is 2.27. The fourth-order valence-corrected chi connectivity index (χ4v) is 1.63. The number of hydrogen-bond donors (Lipinski definition) is 0. The molecule has 6 nitrogen and oxygen atoms in total. The van der Waals surface area contributed by atoms with Gasteiger partial charge in [0.2, 0.25) is 0 Å². The van der Waals surface area contributed by atoms with Crippen LogP contribution in [0.15, 0.2) is 24.1 Å². The van der Waals surface area contributed by atoms with Crippen LogP contribution in [-0.4, -0.2) is 19.7 Å². The molecule has 13 heavy (non-hydrogen) atoms. The molecule has 7 heteroatoms. The van der Waals surface area contributed by atoms with Crippen molar-refractivity contribution in [1.29, 1.82) is 0 Å². The van der Waals surface area contributed by atoms with Gasteiger partial charge >= 0.3 is 5.00 Å². The average Bonchev–Trinajstić information content (AvgIpc) is 2.74. The fourth-order valence-electron chi connectivity index (χ4n) is 0.938. The Morgan fingerprint density at radius 1 is 1.62 bits per heavy atom. The van der Waals surface area contributed by atoms with Crippen molar-refractivity contribution >= 4 is 16.3 Å². The van der Waals surface area contributed by atoms with E-state index in [-0.39, 0.29) is 5.00 Å². The smallest absolute Gasteiger partial charge is 0.257 e. The minimum atomic E-state index is -0.429. The number of thiophene rings is 1. The quantitative estimate of drug-likeness (QED) is 0.535. The lowest BCUT2D eigenvalue weighted by Crippen LogP contribution is -1.96. The average molecular weight is 196 g/mol. The second-order valence-corrected chi connectivity index (χ2v) is 3.10. The van der Waals surface area contributed by atoms with Gasteiger partial charge in [-0.1, -0.05) is 11.3 Å². The van der Waals surface area contributed by atoms with Gasteiger partial charge in [-0.3, -0.25) is 10.1 Å². The highest BCUT2D eigenvalue weighted by Gasteiger charge is 2.16. The third-order valence-electron chi connectivity index (χ3n) is 1.46. The summed E-state index contributed by atoms with van der Waals surface area (Å²) in [5.74, 6) is 0. The van der Waals surface area contributed by atoms with E-state index in [2.05, 4.69) is 10.1 Å². The van der Waals surface area contributed by atoms with E-state index in [9.17, 15) is 10.1 Å².